The molecule has 0 aromatic heterocycles. The van der Waals surface area contributed by atoms with Gasteiger partial charge < -0.3 is 15.0 Å². The van der Waals surface area contributed by atoms with E-state index in [4.69, 9.17) is 28.2 Å². The predicted molar refractivity (Wildman–Crippen MR) is 154 cm³/mol. The number of amides is 2. The van der Waals surface area contributed by atoms with Crippen molar-refractivity contribution in [3.8, 4) is 0 Å². The first-order valence-corrected chi connectivity index (χ1v) is 14.5. The fourth-order valence-corrected chi connectivity index (χ4v) is 6.57. The van der Waals surface area contributed by atoms with Crippen LogP contribution in [0.3, 0.4) is 0 Å². The van der Waals surface area contributed by atoms with E-state index in [0.717, 1.165) is 30.4 Å². The zero-order valence-corrected chi connectivity index (χ0v) is 24.5. The van der Waals surface area contributed by atoms with Crippen LogP contribution in [0.4, 0.5) is 0 Å². The summed E-state index contributed by atoms with van der Waals surface area (Å²) in [5.74, 6) is 0.239. The summed E-state index contributed by atoms with van der Waals surface area (Å²) in [5, 5.41) is 2.98. The molecule has 1 spiro atoms. The van der Waals surface area contributed by atoms with E-state index in [2.05, 4.69) is 30.8 Å². The maximum Gasteiger partial charge on any atom is 0.307 e. The van der Waals surface area contributed by atoms with Crippen LogP contribution in [0, 0.1) is 11.8 Å². The van der Waals surface area contributed by atoms with Gasteiger partial charge in [-0.05, 0) is 66.9 Å². The molecule has 0 bridgehead atoms. The van der Waals surface area contributed by atoms with E-state index in [1.54, 1.807) is 18.2 Å². The molecule has 3 aliphatic rings. The third kappa shape index (κ3) is 6.25. The van der Waals surface area contributed by atoms with Gasteiger partial charge in [0.1, 0.15) is 11.4 Å². The third-order valence-electron chi connectivity index (χ3n) is 8.27. The van der Waals surface area contributed by atoms with Gasteiger partial charge in [0.25, 0.3) is 11.8 Å². The Bertz CT molecular complexity index is 1210. The van der Waals surface area contributed by atoms with E-state index in [1.165, 1.54) is 7.11 Å². The minimum Gasteiger partial charge on any atom is -0.469 e. The maximum absolute atomic E-state index is 14.2. The molecular weight excluding hydrogens is 537 g/mol. The van der Waals surface area contributed by atoms with Gasteiger partial charge in [-0.25, -0.2) is 0 Å². The Morgan fingerprint density at radius 2 is 1.92 bits per heavy atom. The molecule has 0 saturated heterocycles. The lowest BCUT2D eigenvalue weighted by atomic mass is 9.74. The average molecular weight is 575 g/mol. The van der Waals surface area contributed by atoms with Gasteiger partial charge in [0.15, 0.2) is 0 Å². The first kappa shape index (κ1) is 29.3. The van der Waals surface area contributed by atoms with Crippen molar-refractivity contribution in [2.24, 2.45) is 16.8 Å². The lowest BCUT2D eigenvalue weighted by Crippen LogP contribution is -2.52. The third-order valence-corrected chi connectivity index (χ3v) is 8.78. The average Bonchev–Trinajstić information content (AvgIpc) is 3.18. The van der Waals surface area contributed by atoms with Crippen LogP contribution in [0.15, 0.2) is 52.0 Å². The van der Waals surface area contributed by atoms with E-state index < -0.39 is 5.66 Å². The Labute approximate surface area is 240 Å². The first-order chi connectivity index (χ1) is 18.6. The number of methoxy groups -OCH3 is 1. The number of rotatable bonds is 8. The number of ether oxygens (including phenoxy) is 1. The first-order valence-electron chi connectivity index (χ1n) is 13.7. The molecule has 4 rings (SSSR count). The van der Waals surface area contributed by atoms with Gasteiger partial charge >= 0.3 is 5.97 Å². The molecule has 1 aromatic carbocycles. The van der Waals surface area contributed by atoms with Crippen LogP contribution < -0.4 is 5.32 Å². The van der Waals surface area contributed by atoms with Gasteiger partial charge in [0.05, 0.1) is 24.9 Å². The van der Waals surface area contributed by atoms with E-state index in [9.17, 15) is 14.4 Å². The standard InChI is InChI=1S/C30H37Cl2N3O4/c1-5-25(20-6-8-21(9-7-20)28(37)33-13-11-26(36)39-4)35-29(38)27(22-14-23(31)16-24(32)15-22)34-30(35)12-10-18(2)19(3)17-30/h6-9,14,16,18-19,23,25H,5,10-13,15,17H2,1-4H3,(H,33,37). The summed E-state index contributed by atoms with van der Waals surface area (Å²) in [6, 6.07) is 7.13. The van der Waals surface area contributed by atoms with Crippen molar-refractivity contribution in [2.75, 3.05) is 13.7 Å². The van der Waals surface area contributed by atoms with E-state index in [0.29, 0.717) is 41.0 Å². The van der Waals surface area contributed by atoms with Crippen LogP contribution in [-0.2, 0) is 14.3 Å². The number of nitrogens with one attached hydrogen (secondary N) is 1. The van der Waals surface area contributed by atoms with Crippen molar-refractivity contribution in [3.63, 3.8) is 0 Å². The van der Waals surface area contributed by atoms with Crippen LogP contribution in [-0.4, -0.2) is 53.1 Å². The lowest BCUT2D eigenvalue weighted by molar-refractivity contribution is -0.140. The molecule has 5 atom stereocenters. The van der Waals surface area contributed by atoms with Gasteiger partial charge in [0.2, 0.25) is 0 Å². The van der Waals surface area contributed by atoms with Crippen LogP contribution in [0.2, 0.25) is 0 Å². The molecule has 0 radical (unpaired) electrons. The molecule has 1 N–H and O–H groups in total. The van der Waals surface area contributed by atoms with Crippen molar-refractivity contribution in [2.45, 2.75) is 76.4 Å². The highest BCUT2D eigenvalue weighted by Gasteiger charge is 2.53. The second-order valence-corrected chi connectivity index (χ2v) is 11.9. The highest BCUT2D eigenvalue weighted by Crippen LogP contribution is 2.48. The second kappa shape index (κ2) is 12.3. The number of alkyl halides is 1. The van der Waals surface area contributed by atoms with Crippen molar-refractivity contribution >= 4 is 46.7 Å². The molecule has 1 aliphatic heterocycles. The molecule has 2 amide bonds. The number of esters is 1. The van der Waals surface area contributed by atoms with E-state index >= 15 is 0 Å². The summed E-state index contributed by atoms with van der Waals surface area (Å²) in [7, 11) is 1.32. The lowest BCUT2D eigenvalue weighted by Gasteiger charge is -2.47. The Hall–Kier alpha value is -2.64. The largest absolute Gasteiger partial charge is 0.469 e. The van der Waals surface area contributed by atoms with Crippen molar-refractivity contribution in [3.05, 3.63) is 58.1 Å². The summed E-state index contributed by atoms with van der Waals surface area (Å²) in [6.45, 7) is 6.78. The smallest absolute Gasteiger partial charge is 0.307 e. The molecule has 1 heterocycles. The van der Waals surface area contributed by atoms with E-state index in [-0.39, 0.29) is 42.2 Å². The van der Waals surface area contributed by atoms with Gasteiger partial charge in [0, 0.05) is 23.6 Å². The van der Waals surface area contributed by atoms with Crippen LogP contribution in [0.5, 0.6) is 0 Å². The van der Waals surface area contributed by atoms with Crippen LogP contribution in [0.1, 0.15) is 81.3 Å². The van der Waals surface area contributed by atoms with Gasteiger partial charge in [-0.2, -0.15) is 0 Å². The number of nitrogens with zero attached hydrogens (tertiary/aromatic N) is 2. The fourth-order valence-electron chi connectivity index (χ4n) is 5.92. The van der Waals surface area contributed by atoms with Crippen LogP contribution >= 0.6 is 23.2 Å². The fraction of sp³-hybridized carbons (Fsp3) is 0.533. The van der Waals surface area contributed by atoms with Crippen molar-refractivity contribution < 1.29 is 19.1 Å². The van der Waals surface area contributed by atoms with Crippen molar-refractivity contribution in [1.29, 1.82) is 0 Å². The minimum absolute atomic E-state index is 0.0882. The summed E-state index contributed by atoms with van der Waals surface area (Å²) in [4.78, 5) is 45.3. The highest BCUT2D eigenvalue weighted by molar-refractivity contribution is 6.47. The van der Waals surface area contributed by atoms with Gasteiger partial charge in [-0.3, -0.25) is 19.4 Å². The predicted octanol–water partition coefficient (Wildman–Crippen LogP) is 5.93. The number of carbonyl (C=O) groups excluding carboxylic acids is 3. The van der Waals surface area contributed by atoms with Crippen LogP contribution in [0.25, 0.3) is 0 Å². The Morgan fingerprint density at radius 1 is 1.21 bits per heavy atom. The van der Waals surface area contributed by atoms with Gasteiger partial charge in [-0.15, -0.1) is 11.6 Å². The summed E-state index contributed by atoms with van der Waals surface area (Å²) in [5.41, 5.74) is 2.06. The molecule has 1 saturated carbocycles. The second-order valence-electron chi connectivity index (χ2n) is 10.9. The Kier molecular flexibility index (Phi) is 9.22. The quantitative estimate of drug-likeness (QED) is 0.308. The Balaban J connectivity index is 1.62. The monoisotopic (exact) mass is 573 g/mol. The topological polar surface area (TPSA) is 88.1 Å². The molecule has 1 fully saturated rings. The zero-order valence-electron chi connectivity index (χ0n) is 23.0. The van der Waals surface area contributed by atoms with Crippen molar-refractivity contribution in [1.82, 2.24) is 10.2 Å². The molecular formula is C30H37Cl2N3O4. The molecule has 9 heteroatoms. The summed E-state index contributed by atoms with van der Waals surface area (Å²) >= 11 is 12.8. The number of aliphatic imine (C=N–C) groups is 1. The molecule has 5 unspecified atom stereocenters. The van der Waals surface area contributed by atoms with E-state index in [1.807, 2.05) is 23.1 Å². The molecule has 210 valence electrons. The number of halogens is 2. The molecule has 2 aliphatic carbocycles. The molecule has 1 aromatic rings. The Morgan fingerprint density at radius 3 is 2.54 bits per heavy atom. The van der Waals surface area contributed by atoms with Gasteiger partial charge in [-0.1, -0.05) is 50.6 Å². The molecule has 39 heavy (non-hydrogen) atoms. The number of allylic oxidation sites excluding steroid dienone is 3. The summed E-state index contributed by atoms with van der Waals surface area (Å²) in [6.07, 6.45) is 7.50. The highest BCUT2D eigenvalue weighted by atomic mass is 35.5. The normalized spacial score (nSPS) is 27.5. The number of benzene rings is 1. The summed E-state index contributed by atoms with van der Waals surface area (Å²) < 4.78 is 4.62. The molecule has 7 nitrogen and oxygen atoms in total. The SMILES string of the molecule is CCC(c1ccc(C(=O)NCCC(=O)OC)cc1)N1C(=O)C(C2=CC(Cl)C=C(Cl)C2)=NC12CCC(C)C(C)C2. The maximum atomic E-state index is 14.2. The number of hydrogen-bond donors (Lipinski definition) is 1. The number of hydrogen-bond acceptors (Lipinski definition) is 5. The minimum atomic E-state index is -0.626. The number of carbonyl (C=O) groups is 3. The zero-order chi connectivity index (χ0) is 28.3.